The number of hydrogen-bond donors (Lipinski definition) is 1. The zero-order chi connectivity index (χ0) is 13.7. The van der Waals surface area contributed by atoms with Gasteiger partial charge in [-0.15, -0.1) is 0 Å². The summed E-state index contributed by atoms with van der Waals surface area (Å²) in [7, 11) is 1.53. The van der Waals surface area contributed by atoms with Crippen molar-refractivity contribution < 1.29 is 14.1 Å². The van der Waals surface area contributed by atoms with E-state index < -0.39 is 0 Å². The second-order valence-electron chi connectivity index (χ2n) is 3.84. The van der Waals surface area contributed by atoms with E-state index in [1.165, 1.54) is 7.11 Å². The van der Waals surface area contributed by atoms with Crippen molar-refractivity contribution in [3.63, 3.8) is 0 Å². The Labute approximate surface area is 110 Å². The van der Waals surface area contributed by atoms with Gasteiger partial charge in [0.25, 0.3) is 5.91 Å². The minimum absolute atomic E-state index is 0.223. The SMILES string of the molecule is CCc1nc(CNC(=O)c2ccccc2OC)no1. The van der Waals surface area contributed by atoms with Crippen LogP contribution in [0.25, 0.3) is 0 Å². The predicted octanol–water partition coefficient (Wildman–Crippen LogP) is 1.57. The van der Waals surface area contributed by atoms with Crippen LogP contribution in [-0.4, -0.2) is 23.2 Å². The molecule has 0 aliphatic heterocycles. The van der Waals surface area contributed by atoms with Gasteiger partial charge < -0.3 is 14.6 Å². The van der Waals surface area contributed by atoms with Crippen LogP contribution in [0.4, 0.5) is 0 Å². The number of para-hydroxylation sites is 1. The second-order valence-corrected chi connectivity index (χ2v) is 3.84. The van der Waals surface area contributed by atoms with Crippen LogP contribution >= 0.6 is 0 Å². The van der Waals surface area contributed by atoms with Crippen molar-refractivity contribution >= 4 is 5.91 Å². The van der Waals surface area contributed by atoms with Gasteiger partial charge in [-0.3, -0.25) is 4.79 Å². The van der Waals surface area contributed by atoms with E-state index in [9.17, 15) is 4.79 Å². The Morgan fingerprint density at radius 2 is 2.21 bits per heavy atom. The summed E-state index contributed by atoms with van der Waals surface area (Å²) in [5, 5.41) is 6.49. The van der Waals surface area contributed by atoms with Gasteiger partial charge in [-0.05, 0) is 12.1 Å². The number of hydrogen-bond acceptors (Lipinski definition) is 5. The molecule has 2 aromatic rings. The molecule has 0 saturated heterocycles. The van der Waals surface area contributed by atoms with Crippen molar-refractivity contribution in [3.05, 3.63) is 41.5 Å². The van der Waals surface area contributed by atoms with E-state index in [2.05, 4.69) is 15.5 Å². The first-order chi connectivity index (χ1) is 9.24. The number of aryl methyl sites for hydroxylation is 1. The van der Waals surface area contributed by atoms with Crippen LogP contribution in [0.15, 0.2) is 28.8 Å². The number of aromatic nitrogens is 2. The van der Waals surface area contributed by atoms with Crippen molar-refractivity contribution in [3.8, 4) is 5.75 Å². The topological polar surface area (TPSA) is 77.2 Å². The van der Waals surface area contributed by atoms with Crippen LogP contribution in [0.5, 0.6) is 5.75 Å². The second kappa shape index (κ2) is 5.99. The molecule has 0 radical (unpaired) electrons. The van der Waals surface area contributed by atoms with Gasteiger partial charge in [-0.2, -0.15) is 4.98 Å². The minimum Gasteiger partial charge on any atom is -0.496 e. The van der Waals surface area contributed by atoms with E-state index in [0.29, 0.717) is 29.4 Å². The van der Waals surface area contributed by atoms with E-state index >= 15 is 0 Å². The van der Waals surface area contributed by atoms with Gasteiger partial charge in [0.2, 0.25) is 5.89 Å². The monoisotopic (exact) mass is 261 g/mol. The molecule has 0 aliphatic carbocycles. The van der Waals surface area contributed by atoms with E-state index in [1.54, 1.807) is 18.2 Å². The third-order valence-electron chi connectivity index (χ3n) is 2.57. The van der Waals surface area contributed by atoms with Crippen LogP contribution in [0.2, 0.25) is 0 Å². The van der Waals surface area contributed by atoms with Gasteiger partial charge in [0.1, 0.15) is 5.75 Å². The number of ether oxygens (including phenoxy) is 1. The Morgan fingerprint density at radius 3 is 2.89 bits per heavy atom. The molecule has 1 aromatic carbocycles. The number of nitrogens with zero attached hydrogens (tertiary/aromatic N) is 2. The van der Waals surface area contributed by atoms with E-state index in [0.717, 1.165) is 0 Å². The summed E-state index contributed by atoms with van der Waals surface area (Å²) in [6, 6.07) is 7.02. The summed E-state index contributed by atoms with van der Waals surface area (Å²) in [6.07, 6.45) is 0.674. The third-order valence-corrected chi connectivity index (χ3v) is 2.57. The standard InChI is InChI=1S/C13H15N3O3/c1-3-12-15-11(16-19-12)8-14-13(17)9-6-4-5-7-10(9)18-2/h4-7H,3,8H2,1-2H3,(H,14,17). The highest BCUT2D eigenvalue weighted by molar-refractivity contribution is 5.96. The molecule has 0 aliphatic rings. The van der Waals surface area contributed by atoms with Gasteiger partial charge in [0, 0.05) is 6.42 Å². The quantitative estimate of drug-likeness (QED) is 0.884. The number of nitrogens with one attached hydrogen (secondary N) is 1. The molecular weight excluding hydrogens is 246 g/mol. The molecule has 100 valence electrons. The molecule has 0 fully saturated rings. The smallest absolute Gasteiger partial charge is 0.255 e. The Bertz CT molecular complexity index is 566. The lowest BCUT2D eigenvalue weighted by molar-refractivity contribution is 0.0946. The molecule has 19 heavy (non-hydrogen) atoms. The Balaban J connectivity index is 2.01. The van der Waals surface area contributed by atoms with Crippen molar-refractivity contribution in [2.45, 2.75) is 19.9 Å². The van der Waals surface area contributed by atoms with Gasteiger partial charge in [-0.1, -0.05) is 24.2 Å². The van der Waals surface area contributed by atoms with Crippen molar-refractivity contribution in [1.29, 1.82) is 0 Å². The number of methoxy groups -OCH3 is 1. The van der Waals surface area contributed by atoms with Gasteiger partial charge >= 0.3 is 0 Å². The minimum atomic E-state index is -0.236. The maximum atomic E-state index is 12.0. The van der Waals surface area contributed by atoms with Crippen molar-refractivity contribution in [2.24, 2.45) is 0 Å². The van der Waals surface area contributed by atoms with E-state index in [-0.39, 0.29) is 12.5 Å². The lowest BCUT2D eigenvalue weighted by Crippen LogP contribution is -2.23. The molecule has 1 heterocycles. The highest BCUT2D eigenvalue weighted by atomic mass is 16.5. The first-order valence-corrected chi connectivity index (χ1v) is 5.97. The fourth-order valence-electron chi connectivity index (χ4n) is 1.59. The summed E-state index contributed by atoms with van der Waals surface area (Å²) >= 11 is 0. The predicted molar refractivity (Wildman–Crippen MR) is 67.8 cm³/mol. The van der Waals surface area contributed by atoms with E-state index in [4.69, 9.17) is 9.26 Å². The summed E-state index contributed by atoms with van der Waals surface area (Å²) in [5.74, 6) is 1.31. The fourth-order valence-corrected chi connectivity index (χ4v) is 1.59. The highest BCUT2D eigenvalue weighted by Gasteiger charge is 2.12. The molecule has 0 atom stereocenters. The molecule has 0 spiro atoms. The van der Waals surface area contributed by atoms with Crippen LogP contribution in [0.1, 0.15) is 29.0 Å². The summed E-state index contributed by atoms with van der Waals surface area (Å²) in [4.78, 5) is 16.1. The van der Waals surface area contributed by atoms with Gasteiger partial charge in [0.15, 0.2) is 5.82 Å². The number of rotatable bonds is 5. The average molecular weight is 261 g/mol. The van der Waals surface area contributed by atoms with Gasteiger partial charge in [0.05, 0.1) is 19.2 Å². The molecule has 0 saturated carbocycles. The summed E-state index contributed by atoms with van der Waals surface area (Å²) in [5.41, 5.74) is 0.476. The van der Waals surface area contributed by atoms with Crippen molar-refractivity contribution in [1.82, 2.24) is 15.5 Å². The summed E-state index contributed by atoms with van der Waals surface area (Å²) in [6.45, 7) is 2.14. The zero-order valence-electron chi connectivity index (χ0n) is 10.8. The first-order valence-electron chi connectivity index (χ1n) is 5.97. The van der Waals surface area contributed by atoms with Gasteiger partial charge in [-0.25, -0.2) is 0 Å². The average Bonchev–Trinajstić information content (AvgIpc) is 2.92. The van der Waals surface area contributed by atoms with Crippen LogP contribution < -0.4 is 10.1 Å². The van der Waals surface area contributed by atoms with Crippen molar-refractivity contribution in [2.75, 3.05) is 7.11 Å². The Morgan fingerprint density at radius 1 is 1.42 bits per heavy atom. The molecule has 6 heteroatoms. The third kappa shape index (κ3) is 3.09. The molecule has 1 amide bonds. The zero-order valence-corrected chi connectivity index (χ0v) is 10.8. The lowest BCUT2D eigenvalue weighted by atomic mass is 10.2. The summed E-state index contributed by atoms with van der Waals surface area (Å²) < 4.78 is 10.1. The van der Waals surface area contributed by atoms with Crippen LogP contribution in [0, 0.1) is 0 Å². The van der Waals surface area contributed by atoms with Crippen LogP contribution in [-0.2, 0) is 13.0 Å². The number of benzene rings is 1. The Hall–Kier alpha value is -2.37. The maximum Gasteiger partial charge on any atom is 0.255 e. The molecule has 1 N–H and O–H groups in total. The molecule has 0 bridgehead atoms. The first kappa shape index (κ1) is 13.1. The molecule has 0 unspecified atom stereocenters. The largest absolute Gasteiger partial charge is 0.496 e. The molecular formula is C13H15N3O3. The number of amides is 1. The maximum absolute atomic E-state index is 12.0. The number of carbonyl (C=O) groups is 1. The van der Waals surface area contributed by atoms with E-state index in [1.807, 2.05) is 13.0 Å². The normalized spacial score (nSPS) is 10.2. The highest BCUT2D eigenvalue weighted by Crippen LogP contribution is 2.16. The fraction of sp³-hybridized carbons (Fsp3) is 0.308. The Kier molecular flexibility index (Phi) is 4.12. The lowest BCUT2D eigenvalue weighted by Gasteiger charge is -2.07. The van der Waals surface area contributed by atoms with Crippen LogP contribution in [0.3, 0.4) is 0 Å². The molecule has 2 rings (SSSR count). The molecule has 1 aromatic heterocycles. The number of carbonyl (C=O) groups excluding carboxylic acids is 1. The molecule has 6 nitrogen and oxygen atoms in total.